The van der Waals surface area contributed by atoms with E-state index in [-0.39, 0.29) is 0 Å². The van der Waals surface area contributed by atoms with Gasteiger partial charge in [0.25, 0.3) is 0 Å². The zero-order chi connectivity index (χ0) is 12.8. The average Bonchev–Trinajstić information content (AvgIpc) is 2.91. The van der Waals surface area contributed by atoms with Crippen molar-refractivity contribution in [3.8, 4) is 0 Å². The monoisotopic (exact) mass is 266 g/mol. The van der Waals surface area contributed by atoms with E-state index < -0.39 is 0 Å². The van der Waals surface area contributed by atoms with Crippen LogP contribution in [0.2, 0.25) is 0 Å². The number of likely N-dealkylation sites (tertiary alicyclic amines) is 1. The van der Waals surface area contributed by atoms with Crippen molar-refractivity contribution in [3.05, 3.63) is 22.4 Å². The highest BCUT2D eigenvalue weighted by Crippen LogP contribution is 2.22. The molecule has 2 unspecified atom stereocenters. The molecule has 0 aliphatic carbocycles. The van der Waals surface area contributed by atoms with Crippen LogP contribution in [0.3, 0.4) is 0 Å². The third-order valence-corrected chi connectivity index (χ3v) is 4.75. The average molecular weight is 266 g/mol. The lowest BCUT2D eigenvalue weighted by atomic mass is 10.1. The Kier molecular flexibility index (Phi) is 5.67. The Balaban J connectivity index is 1.79. The molecule has 3 heteroatoms. The van der Waals surface area contributed by atoms with Gasteiger partial charge in [-0.1, -0.05) is 19.4 Å². The molecule has 102 valence electrons. The van der Waals surface area contributed by atoms with Crippen molar-refractivity contribution in [2.24, 2.45) is 0 Å². The van der Waals surface area contributed by atoms with Gasteiger partial charge >= 0.3 is 0 Å². The SMILES string of the molecule is CCC(NC(C)CN1CCCCC1)c1cccs1. The first-order chi connectivity index (χ1) is 8.79. The molecule has 0 spiro atoms. The number of thiophene rings is 1. The summed E-state index contributed by atoms with van der Waals surface area (Å²) in [6.07, 6.45) is 5.36. The van der Waals surface area contributed by atoms with Crippen LogP contribution in [0, 0.1) is 0 Å². The van der Waals surface area contributed by atoms with Crippen molar-refractivity contribution in [1.82, 2.24) is 10.2 Å². The molecule has 1 aromatic heterocycles. The standard InChI is InChI=1S/C15H26N2S/c1-3-14(15-8-7-11-18-15)16-13(2)12-17-9-5-4-6-10-17/h7-8,11,13-14,16H,3-6,9-10,12H2,1-2H3. The van der Waals surface area contributed by atoms with E-state index in [2.05, 4.69) is 41.6 Å². The number of hydrogen-bond donors (Lipinski definition) is 1. The lowest BCUT2D eigenvalue weighted by Crippen LogP contribution is -2.42. The summed E-state index contributed by atoms with van der Waals surface area (Å²) in [4.78, 5) is 4.09. The van der Waals surface area contributed by atoms with Crippen molar-refractivity contribution in [3.63, 3.8) is 0 Å². The quantitative estimate of drug-likeness (QED) is 0.845. The maximum Gasteiger partial charge on any atom is 0.0414 e. The van der Waals surface area contributed by atoms with Crippen LogP contribution < -0.4 is 5.32 Å². The predicted molar refractivity (Wildman–Crippen MR) is 80.2 cm³/mol. The summed E-state index contributed by atoms with van der Waals surface area (Å²) >= 11 is 1.87. The molecule has 1 aliphatic rings. The normalized spacial score (nSPS) is 20.8. The van der Waals surface area contributed by atoms with Crippen molar-refractivity contribution in [2.45, 2.75) is 51.6 Å². The van der Waals surface area contributed by atoms with Gasteiger partial charge in [0.2, 0.25) is 0 Å². The third-order valence-electron chi connectivity index (χ3n) is 3.76. The van der Waals surface area contributed by atoms with Crippen LogP contribution in [-0.2, 0) is 0 Å². The first-order valence-corrected chi connectivity index (χ1v) is 8.19. The van der Waals surface area contributed by atoms with Crippen LogP contribution in [0.15, 0.2) is 17.5 Å². The Morgan fingerprint density at radius 2 is 2.11 bits per heavy atom. The van der Waals surface area contributed by atoms with Gasteiger partial charge in [0.15, 0.2) is 0 Å². The third kappa shape index (κ3) is 4.08. The minimum Gasteiger partial charge on any atom is -0.305 e. The summed E-state index contributed by atoms with van der Waals surface area (Å²) in [6.45, 7) is 8.38. The smallest absolute Gasteiger partial charge is 0.0414 e. The highest BCUT2D eigenvalue weighted by molar-refractivity contribution is 7.10. The van der Waals surface area contributed by atoms with Gasteiger partial charge in [-0.15, -0.1) is 11.3 Å². The van der Waals surface area contributed by atoms with Crippen LogP contribution in [0.4, 0.5) is 0 Å². The zero-order valence-electron chi connectivity index (χ0n) is 11.7. The molecule has 0 amide bonds. The first kappa shape index (κ1) is 14.0. The topological polar surface area (TPSA) is 15.3 Å². The van der Waals surface area contributed by atoms with Crippen LogP contribution in [-0.4, -0.2) is 30.6 Å². The molecular weight excluding hydrogens is 240 g/mol. The van der Waals surface area contributed by atoms with Gasteiger partial charge in [-0.3, -0.25) is 0 Å². The molecule has 18 heavy (non-hydrogen) atoms. The van der Waals surface area contributed by atoms with Crippen LogP contribution in [0.5, 0.6) is 0 Å². The molecule has 1 saturated heterocycles. The molecule has 0 radical (unpaired) electrons. The van der Waals surface area contributed by atoms with Gasteiger partial charge in [0, 0.05) is 23.5 Å². The van der Waals surface area contributed by atoms with Crippen LogP contribution >= 0.6 is 11.3 Å². The highest BCUT2D eigenvalue weighted by Gasteiger charge is 2.17. The molecule has 2 atom stereocenters. The van der Waals surface area contributed by atoms with Crippen molar-refractivity contribution in [2.75, 3.05) is 19.6 Å². The van der Waals surface area contributed by atoms with E-state index in [1.165, 1.54) is 50.2 Å². The minimum atomic E-state index is 0.532. The van der Waals surface area contributed by atoms with E-state index in [0.29, 0.717) is 12.1 Å². The Morgan fingerprint density at radius 3 is 2.72 bits per heavy atom. The molecule has 0 aromatic carbocycles. The Morgan fingerprint density at radius 1 is 1.33 bits per heavy atom. The maximum absolute atomic E-state index is 3.79. The Bertz CT molecular complexity index is 317. The molecule has 1 fully saturated rings. The largest absolute Gasteiger partial charge is 0.305 e. The van der Waals surface area contributed by atoms with E-state index in [0.717, 1.165) is 0 Å². The molecule has 1 aromatic rings. The molecule has 1 N–H and O–H groups in total. The van der Waals surface area contributed by atoms with Gasteiger partial charge in [0.05, 0.1) is 0 Å². The second kappa shape index (κ2) is 7.27. The molecule has 1 aliphatic heterocycles. The molecular formula is C15H26N2S. The fraction of sp³-hybridized carbons (Fsp3) is 0.733. The summed E-state index contributed by atoms with van der Waals surface area (Å²) in [7, 11) is 0. The predicted octanol–water partition coefficient (Wildman–Crippen LogP) is 3.66. The van der Waals surface area contributed by atoms with Crippen LogP contribution in [0.1, 0.15) is 50.4 Å². The number of nitrogens with zero attached hydrogens (tertiary/aromatic N) is 1. The molecule has 2 rings (SSSR count). The highest BCUT2D eigenvalue weighted by atomic mass is 32.1. The molecule has 2 heterocycles. The second-order valence-corrected chi connectivity index (χ2v) is 6.38. The van der Waals surface area contributed by atoms with Gasteiger partial charge in [-0.2, -0.15) is 0 Å². The number of hydrogen-bond acceptors (Lipinski definition) is 3. The summed E-state index contributed by atoms with van der Waals surface area (Å²) < 4.78 is 0. The Hall–Kier alpha value is -0.380. The summed E-state index contributed by atoms with van der Waals surface area (Å²) in [5, 5.41) is 5.96. The van der Waals surface area contributed by atoms with Gasteiger partial charge in [0.1, 0.15) is 0 Å². The lowest BCUT2D eigenvalue weighted by Gasteiger charge is -2.31. The minimum absolute atomic E-state index is 0.532. The van der Waals surface area contributed by atoms with Crippen molar-refractivity contribution < 1.29 is 0 Å². The zero-order valence-corrected chi connectivity index (χ0v) is 12.5. The summed E-state index contributed by atoms with van der Waals surface area (Å²) in [5.41, 5.74) is 0. The summed E-state index contributed by atoms with van der Waals surface area (Å²) in [5.74, 6) is 0. The maximum atomic E-state index is 3.79. The van der Waals surface area contributed by atoms with E-state index in [9.17, 15) is 0 Å². The first-order valence-electron chi connectivity index (χ1n) is 7.31. The number of rotatable bonds is 6. The van der Waals surface area contributed by atoms with Gasteiger partial charge in [-0.05, 0) is 50.7 Å². The van der Waals surface area contributed by atoms with E-state index in [1.807, 2.05) is 11.3 Å². The molecule has 0 bridgehead atoms. The second-order valence-electron chi connectivity index (χ2n) is 5.41. The Labute approximate surface area is 115 Å². The van der Waals surface area contributed by atoms with Gasteiger partial charge in [-0.25, -0.2) is 0 Å². The van der Waals surface area contributed by atoms with Gasteiger partial charge < -0.3 is 10.2 Å². The molecule has 2 nitrogen and oxygen atoms in total. The van der Waals surface area contributed by atoms with E-state index in [1.54, 1.807) is 0 Å². The lowest BCUT2D eigenvalue weighted by molar-refractivity contribution is 0.204. The number of piperidine rings is 1. The summed E-state index contributed by atoms with van der Waals surface area (Å²) in [6, 6.07) is 5.51. The fourth-order valence-electron chi connectivity index (χ4n) is 2.82. The fourth-order valence-corrected chi connectivity index (χ4v) is 3.69. The van der Waals surface area contributed by atoms with Crippen molar-refractivity contribution in [1.29, 1.82) is 0 Å². The van der Waals surface area contributed by atoms with E-state index in [4.69, 9.17) is 0 Å². The number of nitrogens with one attached hydrogen (secondary N) is 1. The van der Waals surface area contributed by atoms with E-state index >= 15 is 0 Å². The molecule has 0 saturated carbocycles. The van der Waals surface area contributed by atoms with Crippen molar-refractivity contribution >= 4 is 11.3 Å². The van der Waals surface area contributed by atoms with Crippen LogP contribution in [0.25, 0.3) is 0 Å².